The zero-order valence-corrected chi connectivity index (χ0v) is 13.6. The Labute approximate surface area is 141 Å². The molecule has 0 saturated heterocycles. The van der Waals surface area contributed by atoms with E-state index in [-0.39, 0.29) is 22.9 Å². The van der Waals surface area contributed by atoms with Crippen molar-refractivity contribution < 1.29 is 31.0 Å². The molecule has 0 amide bonds. The fraction of sp³-hybridized carbons (Fsp3) is 0.0667. The molecule has 25 heavy (non-hydrogen) atoms. The second-order valence-electron chi connectivity index (χ2n) is 5.02. The van der Waals surface area contributed by atoms with E-state index in [0.29, 0.717) is 11.1 Å². The molecule has 0 fully saturated rings. The Hall–Kier alpha value is -3.27. The number of amidine groups is 1. The summed E-state index contributed by atoms with van der Waals surface area (Å²) in [5.74, 6) is -2.02. The number of nitrogens with two attached hydrogens (primary N) is 1. The number of furan rings is 1. The first-order chi connectivity index (χ1) is 11.8. The summed E-state index contributed by atoms with van der Waals surface area (Å²) in [7, 11) is -3.86. The maximum atomic E-state index is 12.4. The smallest absolute Gasteiger partial charge is 0.383 e. The maximum Gasteiger partial charge on any atom is 0.383 e. The minimum absolute atomic E-state index is 0.0324. The lowest BCUT2D eigenvalue weighted by Gasteiger charge is -2.07. The first kappa shape index (κ1) is 16.6. The number of nitrogens with one attached hydrogen (secondary N) is 1. The third-order valence-electron chi connectivity index (χ3n) is 3.15. The summed E-state index contributed by atoms with van der Waals surface area (Å²) in [6, 6.07) is 4.24. The molecule has 2 heterocycles. The van der Waals surface area contributed by atoms with E-state index < -0.39 is 21.8 Å². The minimum atomic E-state index is -3.86. The van der Waals surface area contributed by atoms with Crippen LogP contribution in [0, 0.1) is 5.41 Å². The fourth-order valence-electron chi connectivity index (χ4n) is 2.19. The Morgan fingerprint density at radius 2 is 2.04 bits per heavy atom. The van der Waals surface area contributed by atoms with Crippen LogP contribution >= 0.6 is 0 Å². The molecular formula is C15H12N2O7S. The highest BCUT2D eigenvalue weighted by Crippen LogP contribution is 2.39. The van der Waals surface area contributed by atoms with Gasteiger partial charge in [-0.3, -0.25) is 5.41 Å². The van der Waals surface area contributed by atoms with Gasteiger partial charge in [0.25, 0.3) is 5.76 Å². The molecule has 0 aromatic carbocycles. The lowest BCUT2D eigenvalue weighted by molar-refractivity contribution is 0.0700. The van der Waals surface area contributed by atoms with E-state index in [1.807, 2.05) is 0 Å². The summed E-state index contributed by atoms with van der Waals surface area (Å²) in [5, 5.41) is 7.62. The van der Waals surface area contributed by atoms with Gasteiger partial charge in [-0.05, 0) is 12.1 Å². The Balaban J connectivity index is 1.98. The number of esters is 1. The van der Waals surface area contributed by atoms with E-state index in [1.165, 1.54) is 24.7 Å². The maximum absolute atomic E-state index is 12.4. The number of rotatable bonds is 5. The van der Waals surface area contributed by atoms with E-state index in [2.05, 4.69) is 4.18 Å². The fourth-order valence-corrected chi connectivity index (χ4v) is 2.65. The predicted molar refractivity (Wildman–Crippen MR) is 85.5 cm³/mol. The Morgan fingerprint density at radius 1 is 1.28 bits per heavy atom. The van der Waals surface area contributed by atoms with Crippen molar-refractivity contribution in [2.75, 3.05) is 6.26 Å². The van der Waals surface area contributed by atoms with Gasteiger partial charge in [-0.25, -0.2) is 4.79 Å². The molecule has 3 rings (SSSR count). The lowest BCUT2D eigenvalue weighted by Crippen LogP contribution is -2.15. The Morgan fingerprint density at radius 3 is 2.72 bits per heavy atom. The number of fused-ring (bicyclic) bond motifs is 1. The topological polar surface area (TPSA) is 146 Å². The van der Waals surface area contributed by atoms with Crippen molar-refractivity contribution in [3.63, 3.8) is 0 Å². The molecule has 1 aliphatic carbocycles. The molecule has 0 spiro atoms. The van der Waals surface area contributed by atoms with Gasteiger partial charge in [0.15, 0.2) is 5.75 Å². The highest BCUT2D eigenvalue weighted by molar-refractivity contribution is 7.86. The summed E-state index contributed by atoms with van der Waals surface area (Å²) in [6.45, 7) is 0. The Kier molecular flexibility index (Phi) is 3.97. The van der Waals surface area contributed by atoms with E-state index in [0.717, 1.165) is 12.5 Å². The molecule has 0 bridgehead atoms. The number of hydrogen-bond donors (Lipinski definition) is 2. The molecule has 0 unspecified atom stereocenters. The minimum Gasteiger partial charge on any atom is -0.472 e. The van der Waals surface area contributed by atoms with Gasteiger partial charge in [-0.15, -0.1) is 0 Å². The highest BCUT2D eigenvalue weighted by atomic mass is 32.2. The van der Waals surface area contributed by atoms with Crippen LogP contribution in [-0.4, -0.2) is 26.5 Å². The van der Waals surface area contributed by atoms with Gasteiger partial charge in [0.2, 0.25) is 0 Å². The number of hydrogen-bond acceptors (Lipinski definition) is 8. The Bertz CT molecular complexity index is 1030. The van der Waals surface area contributed by atoms with Crippen molar-refractivity contribution in [2.24, 2.45) is 5.73 Å². The van der Waals surface area contributed by atoms with Crippen LogP contribution in [0.5, 0.6) is 11.5 Å². The van der Waals surface area contributed by atoms with Crippen LogP contribution in [0.2, 0.25) is 0 Å². The van der Waals surface area contributed by atoms with Crippen molar-refractivity contribution in [1.82, 2.24) is 0 Å². The molecule has 1 aliphatic heterocycles. The molecule has 1 aromatic heterocycles. The van der Waals surface area contributed by atoms with Gasteiger partial charge in [-0.1, -0.05) is 0 Å². The van der Waals surface area contributed by atoms with Gasteiger partial charge < -0.3 is 23.5 Å². The number of nitrogen functional groups attached to an aromatic ring is 1. The zero-order valence-electron chi connectivity index (χ0n) is 12.8. The van der Waals surface area contributed by atoms with E-state index in [1.54, 1.807) is 6.07 Å². The molecule has 10 heteroatoms. The number of carbonyl (C=O) groups is 1. The molecule has 1 aromatic rings. The normalized spacial score (nSPS) is 11.4. The molecule has 2 aliphatic rings. The van der Waals surface area contributed by atoms with Crippen molar-refractivity contribution in [3.8, 4) is 22.6 Å². The molecule has 9 nitrogen and oxygen atoms in total. The van der Waals surface area contributed by atoms with Gasteiger partial charge in [0.1, 0.15) is 11.6 Å². The van der Waals surface area contributed by atoms with Crippen molar-refractivity contribution >= 4 is 21.9 Å². The molecule has 3 N–H and O–H groups in total. The van der Waals surface area contributed by atoms with Crippen LogP contribution in [0.25, 0.3) is 11.1 Å². The summed E-state index contributed by atoms with van der Waals surface area (Å²) >= 11 is 0. The van der Waals surface area contributed by atoms with Crippen molar-refractivity contribution in [1.29, 1.82) is 5.41 Å². The van der Waals surface area contributed by atoms with Crippen LogP contribution < -0.4 is 14.7 Å². The third kappa shape index (κ3) is 3.33. The zero-order chi connectivity index (χ0) is 18.2. The summed E-state index contributed by atoms with van der Waals surface area (Å²) < 4.78 is 42.4. The first-order valence-corrected chi connectivity index (χ1v) is 8.60. The van der Waals surface area contributed by atoms with Crippen LogP contribution in [0.4, 0.5) is 0 Å². The number of ether oxygens (including phenoxy) is 1. The van der Waals surface area contributed by atoms with E-state index >= 15 is 0 Å². The summed E-state index contributed by atoms with van der Waals surface area (Å²) in [4.78, 5) is 12.4. The van der Waals surface area contributed by atoms with Gasteiger partial charge in [0, 0.05) is 17.2 Å². The third-order valence-corrected chi connectivity index (χ3v) is 3.63. The van der Waals surface area contributed by atoms with Crippen LogP contribution in [0.1, 0.15) is 16.1 Å². The van der Waals surface area contributed by atoms with Gasteiger partial charge in [0.05, 0.1) is 30.6 Å². The van der Waals surface area contributed by atoms with Crippen molar-refractivity contribution in [3.05, 3.63) is 48.3 Å². The average Bonchev–Trinajstić information content (AvgIpc) is 3.10. The van der Waals surface area contributed by atoms with E-state index in [9.17, 15) is 13.2 Å². The van der Waals surface area contributed by atoms with Gasteiger partial charge in [-0.2, -0.15) is 8.42 Å². The second kappa shape index (κ2) is 5.98. The lowest BCUT2D eigenvalue weighted by atomic mass is 10.2. The second-order valence-corrected chi connectivity index (χ2v) is 6.59. The molecular weight excluding hydrogens is 352 g/mol. The standard InChI is InChI=1S/C15H12N2O7S/c1-25(19,20)24-11-3-5-22-13(11)15(18)23-12-9-2-4-21-7-8(9)6-10(12)14(16)17/h2-7H,1H3,(H3,16,17). The SMILES string of the molecule is CS(=O)(=O)Oc1ccoc1C(=O)Oc1c(C(=N)N)cc2coccc1-2. The summed E-state index contributed by atoms with van der Waals surface area (Å²) in [6.07, 6.45) is 4.70. The predicted octanol–water partition coefficient (Wildman–Crippen LogP) is 1.82. The van der Waals surface area contributed by atoms with Crippen LogP contribution in [0.3, 0.4) is 0 Å². The van der Waals surface area contributed by atoms with Crippen LogP contribution in [0.15, 0.2) is 45.8 Å². The van der Waals surface area contributed by atoms with Gasteiger partial charge >= 0.3 is 16.1 Å². The van der Waals surface area contributed by atoms with Crippen LogP contribution in [-0.2, 0) is 10.1 Å². The largest absolute Gasteiger partial charge is 0.472 e. The van der Waals surface area contributed by atoms with Crippen molar-refractivity contribution in [2.45, 2.75) is 0 Å². The molecule has 0 radical (unpaired) electrons. The quantitative estimate of drug-likeness (QED) is 0.302. The number of carbonyl (C=O) groups excluding carboxylic acids is 1. The molecule has 0 saturated carbocycles. The summed E-state index contributed by atoms with van der Waals surface area (Å²) in [5.41, 5.74) is 6.76. The molecule has 0 atom stereocenters. The first-order valence-electron chi connectivity index (χ1n) is 6.78. The van der Waals surface area contributed by atoms with E-state index in [4.69, 9.17) is 24.7 Å². The molecule has 130 valence electrons. The highest BCUT2D eigenvalue weighted by Gasteiger charge is 2.27. The average molecular weight is 364 g/mol. The monoisotopic (exact) mass is 364 g/mol.